The van der Waals surface area contributed by atoms with Crippen molar-refractivity contribution in [1.82, 2.24) is 5.32 Å². The van der Waals surface area contributed by atoms with Crippen LogP contribution in [0.5, 0.6) is 17.2 Å². The van der Waals surface area contributed by atoms with Gasteiger partial charge in [-0.3, -0.25) is 4.90 Å². The molecule has 2 atom stereocenters. The Balaban J connectivity index is 1.70. The zero-order chi connectivity index (χ0) is 18.3. The van der Waals surface area contributed by atoms with E-state index in [0.29, 0.717) is 13.0 Å². The van der Waals surface area contributed by atoms with Crippen LogP contribution in [0.1, 0.15) is 31.9 Å². The number of hydrogen-bond acceptors (Lipinski definition) is 4. The van der Waals surface area contributed by atoms with Crippen LogP contribution in [0.4, 0.5) is 10.5 Å². The molecule has 0 aromatic heterocycles. The first-order valence-electron chi connectivity index (χ1n) is 8.74. The number of amides is 2. The number of methoxy groups -OCH3 is 1. The topological polar surface area (TPSA) is 60.0 Å². The molecule has 2 aromatic carbocycles. The zero-order valence-corrected chi connectivity index (χ0v) is 15.1. The van der Waals surface area contributed by atoms with E-state index in [0.717, 1.165) is 28.5 Å². The van der Waals surface area contributed by atoms with E-state index in [2.05, 4.69) is 5.32 Å². The normalized spacial score (nSPS) is 23.6. The predicted molar refractivity (Wildman–Crippen MR) is 98.0 cm³/mol. The van der Waals surface area contributed by atoms with Crippen LogP contribution < -0.4 is 24.4 Å². The van der Waals surface area contributed by atoms with Crippen LogP contribution in [-0.2, 0) is 0 Å². The van der Waals surface area contributed by atoms with E-state index >= 15 is 0 Å². The minimum Gasteiger partial charge on any atom is -0.497 e. The lowest BCUT2D eigenvalue weighted by Gasteiger charge is -2.50. The van der Waals surface area contributed by atoms with E-state index in [9.17, 15) is 4.79 Å². The molecule has 0 saturated carbocycles. The Labute approximate surface area is 152 Å². The number of anilines is 1. The lowest BCUT2D eigenvalue weighted by Crippen LogP contribution is -2.65. The summed E-state index contributed by atoms with van der Waals surface area (Å²) in [6, 6.07) is 12.9. The van der Waals surface area contributed by atoms with Gasteiger partial charge in [-0.05, 0) is 56.3 Å². The van der Waals surface area contributed by atoms with Gasteiger partial charge in [0.1, 0.15) is 17.2 Å². The monoisotopic (exact) mass is 354 g/mol. The van der Waals surface area contributed by atoms with Gasteiger partial charge in [-0.15, -0.1) is 0 Å². The number of rotatable bonds is 4. The van der Waals surface area contributed by atoms with Gasteiger partial charge in [0.25, 0.3) is 0 Å². The molecule has 136 valence electrons. The molecule has 1 saturated heterocycles. The van der Waals surface area contributed by atoms with Crippen molar-refractivity contribution in [1.29, 1.82) is 0 Å². The zero-order valence-electron chi connectivity index (χ0n) is 15.1. The van der Waals surface area contributed by atoms with Crippen molar-refractivity contribution in [3.05, 3.63) is 48.0 Å². The molecule has 6 heteroatoms. The fourth-order valence-electron chi connectivity index (χ4n) is 3.73. The highest BCUT2D eigenvalue weighted by molar-refractivity contribution is 5.95. The molecular formula is C20H22N2O4. The molecule has 26 heavy (non-hydrogen) atoms. The summed E-state index contributed by atoms with van der Waals surface area (Å²) in [5, 5.41) is 3.09. The van der Waals surface area contributed by atoms with Crippen molar-refractivity contribution < 1.29 is 19.0 Å². The first-order chi connectivity index (χ1) is 12.5. The quantitative estimate of drug-likeness (QED) is 0.906. The molecule has 0 radical (unpaired) electrons. The van der Waals surface area contributed by atoms with Crippen molar-refractivity contribution in [2.75, 3.05) is 18.6 Å². The Kier molecular flexibility index (Phi) is 3.90. The van der Waals surface area contributed by atoms with Gasteiger partial charge < -0.3 is 19.5 Å². The molecule has 2 aliphatic heterocycles. The summed E-state index contributed by atoms with van der Waals surface area (Å²) in [6.07, 6.45) is 0.645. The fraction of sp³-hybridized carbons (Fsp3) is 0.350. The van der Waals surface area contributed by atoms with Crippen LogP contribution in [0, 0.1) is 0 Å². The highest BCUT2D eigenvalue weighted by atomic mass is 16.5. The van der Waals surface area contributed by atoms with E-state index in [4.69, 9.17) is 14.2 Å². The summed E-state index contributed by atoms with van der Waals surface area (Å²) >= 11 is 0. The van der Waals surface area contributed by atoms with Crippen LogP contribution in [-0.4, -0.2) is 25.5 Å². The van der Waals surface area contributed by atoms with E-state index in [1.54, 1.807) is 12.0 Å². The van der Waals surface area contributed by atoms with E-state index < -0.39 is 5.72 Å². The summed E-state index contributed by atoms with van der Waals surface area (Å²) < 4.78 is 17.1. The molecular weight excluding hydrogens is 332 g/mol. The van der Waals surface area contributed by atoms with Gasteiger partial charge in [0.05, 0.1) is 19.8 Å². The average molecular weight is 354 g/mol. The highest BCUT2D eigenvalue weighted by Gasteiger charge is 2.49. The van der Waals surface area contributed by atoms with E-state index in [1.807, 2.05) is 56.3 Å². The van der Waals surface area contributed by atoms with Crippen LogP contribution >= 0.6 is 0 Å². The minimum absolute atomic E-state index is 0.106. The number of ether oxygens (including phenoxy) is 3. The summed E-state index contributed by atoms with van der Waals surface area (Å²) in [6.45, 7) is 4.49. The summed E-state index contributed by atoms with van der Waals surface area (Å²) in [5.74, 6) is 2.29. The lowest BCUT2D eigenvalue weighted by molar-refractivity contribution is 0.0377. The van der Waals surface area contributed by atoms with Crippen LogP contribution in [0.25, 0.3) is 0 Å². The van der Waals surface area contributed by atoms with Crippen molar-refractivity contribution in [2.45, 2.75) is 32.0 Å². The number of carbonyl (C=O) groups is 1. The fourth-order valence-corrected chi connectivity index (χ4v) is 3.73. The van der Waals surface area contributed by atoms with Gasteiger partial charge in [-0.1, -0.05) is 0 Å². The first kappa shape index (κ1) is 16.6. The van der Waals surface area contributed by atoms with Gasteiger partial charge in [0, 0.05) is 17.7 Å². The molecule has 2 heterocycles. The van der Waals surface area contributed by atoms with Gasteiger partial charge in [-0.25, -0.2) is 4.79 Å². The number of carbonyl (C=O) groups excluding carboxylic acids is 1. The first-order valence-corrected chi connectivity index (χ1v) is 8.74. The Morgan fingerprint density at radius 2 is 1.96 bits per heavy atom. The summed E-state index contributed by atoms with van der Waals surface area (Å²) in [7, 11) is 1.63. The van der Waals surface area contributed by atoms with Crippen molar-refractivity contribution >= 4 is 11.7 Å². The number of fused-ring (bicyclic) bond motifs is 4. The molecule has 6 nitrogen and oxygen atoms in total. The second-order valence-corrected chi connectivity index (χ2v) is 6.65. The number of hydrogen-bond donors (Lipinski definition) is 1. The molecule has 4 rings (SSSR count). The maximum Gasteiger partial charge on any atom is 0.325 e. The maximum atomic E-state index is 12.9. The molecule has 2 aromatic rings. The van der Waals surface area contributed by atoms with Crippen molar-refractivity contribution in [3.63, 3.8) is 0 Å². The summed E-state index contributed by atoms with van der Waals surface area (Å²) in [5.41, 5.74) is 0.951. The predicted octanol–water partition coefficient (Wildman–Crippen LogP) is 3.86. The third-order valence-corrected chi connectivity index (χ3v) is 4.88. The molecule has 0 unspecified atom stereocenters. The Morgan fingerprint density at radius 1 is 1.23 bits per heavy atom. The number of urea groups is 1. The second kappa shape index (κ2) is 6.12. The number of nitrogens with one attached hydrogen (secondary N) is 1. The number of nitrogens with zero attached hydrogens (tertiary/aromatic N) is 1. The molecule has 2 bridgehead atoms. The molecule has 1 fully saturated rings. The molecule has 2 aliphatic rings. The molecule has 0 aliphatic carbocycles. The van der Waals surface area contributed by atoms with Gasteiger partial charge in [0.2, 0.25) is 0 Å². The SMILES string of the molecule is CCOc1ccc(N2C(=O)N[C@@H]3C[C@]2(C)Oc2ccc(OC)cc23)cc1. The van der Waals surface area contributed by atoms with Crippen LogP contribution in [0.15, 0.2) is 42.5 Å². The Hall–Kier alpha value is -2.89. The standard InChI is InChI=1S/C20H22N2O4/c1-4-25-14-7-5-13(6-8-14)22-19(23)21-17-12-20(22,2)26-18-10-9-15(24-3)11-16(17)18/h5-11,17H,4,12H2,1-3H3,(H,21,23)/t17-,20+/m1/s1. The molecule has 1 N–H and O–H groups in total. The smallest absolute Gasteiger partial charge is 0.325 e. The summed E-state index contributed by atoms with van der Waals surface area (Å²) in [4.78, 5) is 14.5. The van der Waals surface area contributed by atoms with Gasteiger partial charge >= 0.3 is 6.03 Å². The lowest BCUT2D eigenvalue weighted by atomic mass is 9.90. The second-order valence-electron chi connectivity index (χ2n) is 6.65. The largest absolute Gasteiger partial charge is 0.497 e. The van der Waals surface area contributed by atoms with E-state index in [-0.39, 0.29) is 12.1 Å². The van der Waals surface area contributed by atoms with Crippen LogP contribution in [0.3, 0.4) is 0 Å². The Bertz CT molecular complexity index is 836. The minimum atomic E-state index is -0.762. The maximum absolute atomic E-state index is 12.9. The average Bonchev–Trinajstić information content (AvgIpc) is 2.62. The highest BCUT2D eigenvalue weighted by Crippen LogP contribution is 2.46. The van der Waals surface area contributed by atoms with Gasteiger partial charge in [0.15, 0.2) is 5.72 Å². The molecule has 2 amide bonds. The van der Waals surface area contributed by atoms with Gasteiger partial charge in [-0.2, -0.15) is 0 Å². The van der Waals surface area contributed by atoms with Crippen LogP contribution in [0.2, 0.25) is 0 Å². The van der Waals surface area contributed by atoms with E-state index in [1.165, 1.54) is 0 Å². The molecule has 0 spiro atoms. The third-order valence-electron chi connectivity index (χ3n) is 4.88. The van der Waals surface area contributed by atoms with Crippen molar-refractivity contribution in [2.24, 2.45) is 0 Å². The van der Waals surface area contributed by atoms with Crippen molar-refractivity contribution in [3.8, 4) is 17.2 Å². The third kappa shape index (κ3) is 2.62. The number of benzene rings is 2. The Morgan fingerprint density at radius 3 is 2.65 bits per heavy atom.